The van der Waals surface area contributed by atoms with Gasteiger partial charge in [-0.05, 0) is 18.2 Å². The minimum absolute atomic E-state index is 0.226. The summed E-state index contributed by atoms with van der Waals surface area (Å²) in [4.78, 5) is 3.95. The Kier molecular flexibility index (Phi) is 4.50. The molecule has 3 aromatic rings. The maximum Gasteiger partial charge on any atom is 0.316 e. The summed E-state index contributed by atoms with van der Waals surface area (Å²) in [5.41, 5.74) is 1.77. The second-order valence-electron chi connectivity index (χ2n) is 4.60. The summed E-state index contributed by atoms with van der Waals surface area (Å²) >= 11 is 0. The Labute approximate surface area is 133 Å². The van der Waals surface area contributed by atoms with Gasteiger partial charge in [0, 0.05) is 30.1 Å². The molecule has 23 heavy (non-hydrogen) atoms. The van der Waals surface area contributed by atoms with Crippen LogP contribution in [0.4, 0.5) is 6.01 Å². The van der Waals surface area contributed by atoms with Crippen molar-refractivity contribution in [3.63, 3.8) is 0 Å². The molecule has 0 saturated carbocycles. The summed E-state index contributed by atoms with van der Waals surface area (Å²) in [6.45, 7) is 0.711. The van der Waals surface area contributed by atoms with E-state index in [9.17, 15) is 0 Å². The molecule has 6 heteroatoms. The van der Waals surface area contributed by atoms with E-state index in [1.165, 1.54) is 0 Å². The molecule has 0 saturated heterocycles. The van der Waals surface area contributed by atoms with Crippen LogP contribution < -0.4 is 10.1 Å². The number of rotatable bonds is 6. The molecular weight excluding hydrogens is 292 g/mol. The highest BCUT2D eigenvalue weighted by Gasteiger charge is 2.09. The average molecular weight is 306 g/mol. The second kappa shape index (κ2) is 7.09. The zero-order chi connectivity index (χ0) is 15.9. The largest absolute Gasteiger partial charge is 0.481 e. The average Bonchev–Trinajstić information content (AvgIpc) is 3.08. The van der Waals surface area contributed by atoms with Crippen LogP contribution in [0.2, 0.25) is 0 Å². The molecule has 0 aliphatic heterocycles. The number of para-hydroxylation sites is 1. The topological polar surface area (TPSA) is 73.1 Å². The first-order chi connectivity index (χ1) is 11.4. The standard InChI is InChI=1S/C17H14N4O2/c1-2-11-22-15-6-4-3-5-14(15)12-19-17-21-20-16(23-17)13-7-9-18-10-8-13/h1,3-10H,11-12H2,(H,19,21). The zero-order valence-electron chi connectivity index (χ0n) is 12.3. The molecule has 1 aromatic carbocycles. The van der Waals surface area contributed by atoms with Gasteiger partial charge in [0.25, 0.3) is 0 Å². The normalized spacial score (nSPS) is 10.0. The van der Waals surface area contributed by atoms with E-state index in [1.54, 1.807) is 24.5 Å². The smallest absolute Gasteiger partial charge is 0.316 e. The fraction of sp³-hybridized carbons (Fsp3) is 0.118. The van der Waals surface area contributed by atoms with Crippen molar-refractivity contribution < 1.29 is 9.15 Å². The van der Waals surface area contributed by atoms with Crippen LogP contribution in [0.5, 0.6) is 5.75 Å². The lowest BCUT2D eigenvalue weighted by Crippen LogP contribution is -2.03. The third-order valence-corrected chi connectivity index (χ3v) is 3.07. The first-order valence-electron chi connectivity index (χ1n) is 6.99. The van der Waals surface area contributed by atoms with Gasteiger partial charge in [0.2, 0.25) is 5.89 Å². The minimum atomic E-state index is 0.226. The van der Waals surface area contributed by atoms with Crippen LogP contribution in [0.25, 0.3) is 11.5 Å². The van der Waals surface area contributed by atoms with Gasteiger partial charge in [-0.15, -0.1) is 11.5 Å². The predicted octanol–water partition coefficient (Wildman–Crippen LogP) is 2.76. The van der Waals surface area contributed by atoms with E-state index >= 15 is 0 Å². The summed E-state index contributed by atoms with van der Waals surface area (Å²) in [7, 11) is 0. The van der Waals surface area contributed by atoms with Crippen molar-refractivity contribution in [2.45, 2.75) is 6.54 Å². The van der Waals surface area contributed by atoms with Gasteiger partial charge in [-0.25, -0.2) is 0 Å². The molecule has 0 spiro atoms. The van der Waals surface area contributed by atoms with Crippen molar-refractivity contribution in [2.24, 2.45) is 0 Å². The number of ether oxygens (including phenoxy) is 1. The molecule has 0 unspecified atom stereocenters. The van der Waals surface area contributed by atoms with Crippen LogP contribution in [0, 0.1) is 12.3 Å². The SMILES string of the molecule is C#CCOc1ccccc1CNc1nnc(-c2ccncc2)o1. The zero-order valence-corrected chi connectivity index (χ0v) is 12.3. The van der Waals surface area contributed by atoms with Gasteiger partial charge in [0.1, 0.15) is 12.4 Å². The minimum Gasteiger partial charge on any atom is -0.481 e. The quantitative estimate of drug-likeness (QED) is 0.706. The van der Waals surface area contributed by atoms with E-state index < -0.39 is 0 Å². The van der Waals surface area contributed by atoms with E-state index in [-0.39, 0.29) is 6.61 Å². The Hall–Kier alpha value is -3.33. The molecule has 2 heterocycles. The first kappa shape index (κ1) is 14.6. The molecule has 0 radical (unpaired) electrons. The van der Waals surface area contributed by atoms with Gasteiger partial charge in [-0.3, -0.25) is 4.98 Å². The van der Waals surface area contributed by atoms with Crippen LogP contribution in [0.1, 0.15) is 5.56 Å². The van der Waals surface area contributed by atoms with Gasteiger partial charge >= 0.3 is 6.01 Å². The van der Waals surface area contributed by atoms with Crippen LogP contribution in [0.3, 0.4) is 0 Å². The highest BCUT2D eigenvalue weighted by atomic mass is 16.5. The molecule has 0 bridgehead atoms. The Bertz CT molecular complexity index is 809. The highest BCUT2D eigenvalue weighted by Crippen LogP contribution is 2.21. The fourth-order valence-corrected chi connectivity index (χ4v) is 1.99. The molecule has 0 aliphatic rings. The number of benzene rings is 1. The van der Waals surface area contributed by atoms with Gasteiger partial charge in [0.05, 0.1) is 0 Å². The van der Waals surface area contributed by atoms with Gasteiger partial charge in [-0.2, -0.15) is 0 Å². The molecule has 0 aliphatic carbocycles. The summed E-state index contributed by atoms with van der Waals surface area (Å²) in [6, 6.07) is 11.6. The summed E-state index contributed by atoms with van der Waals surface area (Å²) in [5, 5.41) is 11.1. The number of hydrogen-bond donors (Lipinski definition) is 1. The highest BCUT2D eigenvalue weighted by molar-refractivity contribution is 5.52. The molecule has 1 N–H and O–H groups in total. The van der Waals surface area contributed by atoms with E-state index in [4.69, 9.17) is 15.6 Å². The van der Waals surface area contributed by atoms with E-state index in [0.29, 0.717) is 18.5 Å². The molecule has 114 valence electrons. The number of pyridine rings is 1. The van der Waals surface area contributed by atoms with Crippen molar-refractivity contribution in [1.82, 2.24) is 15.2 Å². The van der Waals surface area contributed by atoms with Crippen LogP contribution >= 0.6 is 0 Å². The van der Waals surface area contributed by atoms with Gasteiger partial charge in [0.15, 0.2) is 0 Å². The fourth-order valence-electron chi connectivity index (χ4n) is 1.99. The van der Waals surface area contributed by atoms with Crippen LogP contribution in [-0.2, 0) is 6.54 Å². The van der Waals surface area contributed by atoms with Crippen molar-refractivity contribution >= 4 is 6.01 Å². The van der Waals surface area contributed by atoms with Crippen molar-refractivity contribution in [1.29, 1.82) is 0 Å². The van der Waals surface area contributed by atoms with Crippen LogP contribution in [-0.4, -0.2) is 21.8 Å². The molecule has 3 rings (SSSR count). The van der Waals surface area contributed by atoms with Gasteiger partial charge < -0.3 is 14.5 Å². The Morgan fingerprint density at radius 3 is 2.78 bits per heavy atom. The maximum atomic E-state index is 5.58. The number of nitrogens with zero attached hydrogens (tertiary/aromatic N) is 3. The monoisotopic (exact) mass is 306 g/mol. The Morgan fingerprint density at radius 1 is 1.13 bits per heavy atom. The number of terminal acetylenes is 1. The molecule has 6 nitrogen and oxygen atoms in total. The van der Waals surface area contributed by atoms with Crippen LogP contribution in [0.15, 0.2) is 53.2 Å². The molecule has 0 atom stereocenters. The lowest BCUT2D eigenvalue weighted by Gasteiger charge is -2.09. The number of nitrogens with one attached hydrogen (secondary N) is 1. The maximum absolute atomic E-state index is 5.58. The number of hydrogen-bond acceptors (Lipinski definition) is 6. The van der Waals surface area contributed by atoms with Crippen molar-refractivity contribution in [2.75, 3.05) is 11.9 Å². The lowest BCUT2D eigenvalue weighted by molar-refractivity contribution is 0.366. The Morgan fingerprint density at radius 2 is 1.96 bits per heavy atom. The molecule has 0 amide bonds. The number of aromatic nitrogens is 3. The lowest BCUT2D eigenvalue weighted by atomic mass is 10.2. The predicted molar refractivity (Wildman–Crippen MR) is 85.6 cm³/mol. The molecular formula is C17H14N4O2. The second-order valence-corrected chi connectivity index (χ2v) is 4.60. The first-order valence-corrected chi connectivity index (χ1v) is 6.99. The number of anilines is 1. The third-order valence-electron chi connectivity index (χ3n) is 3.07. The van der Waals surface area contributed by atoms with E-state index in [2.05, 4.69) is 26.4 Å². The van der Waals surface area contributed by atoms with E-state index in [0.717, 1.165) is 16.9 Å². The summed E-state index contributed by atoms with van der Waals surface area (Å²) in [5.74, 6) is 3.62. The molecule has 2 aromatic heterocycles. The summed E-state index contributed by atoms with van der Waals surface area (Å²) < 4.78 is 11.1. The third kappa shape index (κ3) is 3.66. The Balaban J connectivity index is 1.68. The van der Waals surface area contributed by atoms with E-state index in [1.807, 2.05) is 24.3 Å². The van der Waals surface area contributed by atoms with Crippen molar-refractivity contribution in [3.05, 3.63) is 54.4 Å². The molecule has 0 fully saturated rings. The van der Waals surface area contributed by atoms with Crippen molar-refractivity contribution in [3.8, 4) is 29.5 Å². The summed E-state index contributed by atoms with van der Waals surface area (Å²) in [6.07, 6.45) is 8.57. The van der Waals surface area contributed by atoms with Gasteiger partial charge in [-0.1, -0.05) is 29.2 Å².